The number of hydrogen-bond donors (Lipinski definition) is 2. The minimum absolute atomic E-state index is 0. The minimum Gasteiger partial charge on any atom is -0.480 e. The highest BCUT2D eigenvalue weighted by Gasteiger charge is 2.27. The average molecular weight is 221 g/mol. The maximum Gasteiger partial charge on any atom is 0.322 e. The Labute approximate surface area is 103 Å². The number of aliphatic carboxylic acids is 2. The van der Waals surface area contributed by atoms with Crippen molar-refractivity contribution in [2.24, 2.45) is 0 Å². The number of carboxylic acids is 2. The van der Waals surface area contributed by atoms with Crippen molar-refractivity contribution in [1.82, 2.24) is 0 Å². The molecule has 5 heteroatoms. The van der Waals surface area contributed by atoms with E-state index in [0.717, 1.165) is 5.56 Å². The Morgan fingerprint density at radius 2 is 1.47 bits per heavy atom. The van der Waals surface area contributed by atoms with E-state index in [4.69, 9.17) is 10.2 Å². The molecule has 0 aliphatic rings. The molecule has 0 bridgehead atoms. The second-order valence-electron chi connectivity index (χ2n) is 3.02. The fraction of sp³-hybridized carbons (Fsp3) is 0.200. The van der Waals surface area contributed by atoms with E-state index in [-0.39, 0.29) is 28.6 Å². The standard InChI is InChI=1S/C10H10O4.Mg.2H/c1-6-2-4-7(5-3-6)8(9(11)12)10(13)14;;;/h2-5,8H,1H3,(H,11,12)(H,13,14);;;. The highest BCUT2D eigenvalue weighted by Crippen LogP contribution is 2.16. The molecule has 1 aromatic rings. The van der Waals surface area contributed by atoms with E-state index in [0.29, 0.717) is 0 Å². The van der Waals surface area contributed by atoms with Gasteiger partial charge in [0.15, 0.2) is 5.92 Å². The lowest BCUT2D eigenvalue weighted by Crippen LogP contribution is -2.20. The Kier molecular flexibility index (Phi) is 5.31. The number of carbonyl (C=O) groups is 2. The van der Waals surface area contributed by atoms with Gasteiger partial charge in [-0.3, -0.25) is 9.59 Å². The van der Waals surface area contributed by atoms with Crippen LogP contribution in [0.15, 0.2) is 24.3 Å². The minimum atomic E-state index is -1.48. The third kappa shape index (κ3) is 3.52. The molecule has 0 radical (unpaired) electrons. The summed E-state index contributed by atoms with van der Waals surface area (Å²) < 4.78 is 0. The molecule has 0 saturated carbocycles. The number of carboxylic acid groups (broad SMARTS) is 2. The van der Waals surface area contributed by atoms with Crippen LogP contribution in [0.1, 0.15) is 17.0 Å². The molecule has 0 atom stereocenters. The lowest BCUT2D eigenvalue weighted by molar-refractivity contribution is -0.150. The van der Waals surface area contributed by atoms with Crippen LogP contribution in [0, 0.1) is 6.92 Å². The molecule has 0 aliphatic heterocycles. The Morgan fingerprint density at radius 1 is 1.07 bits per heavy atom. The SMILES string of the molecule is Cc1ccc(C(C(=O)O)C(=O)O)cc1.[MgH2]. The molecule has 0 saturated heterocycles. The molecule has 0 aromatic heterocycles. The van der Waals surface area contributed by atoms with E-state index >= 15 is 0 Å². The van der Waals surface area contributed by atoms with Crippen LogP contribution in [0.5, 0.6) is 0 Å². The Hall–Kier alpha value is -1.07. The van der Waals surface area contributed by atoms with Gasteiger partial charge in [-0.15, -0.1) is 0 Å². The summed E-state index contributed by atoms with van der Waals surface area (Å²) in [6.07, 6.45) is 0. The molecular formula is C10H12MgO4. The number of aryl methyl sites for hydroxylation is 1. The van der Waals surface area contributed by atoms with E-state index in [1.807, 2.05) is 6.92 Å². The summed E-state index contributed by atoms with van der Waals surface area (Å²) >= 11 is 0. The van der Waals surface area contributed by atoms with Gasteiger partial charge in [0.2, 0.25) is 0 Å². The molecule has 1 aromatic carbocycles. The van der Waals surface area contributed by atoms with Gasteiger partial charge in [-0.1, -0.05) is 29.8 Å². The summed E-state index contributed by atoms with van der Waals surface area (Å²) in [7, 11) is 0. The molecule has 0 fully saturated rings. The maximum atomic E-state index is 10.6. The summed E-state index contributed by atoms with van der Waals surface area (Å²) in [5.74, 6) is -4.17. The van der Waals surface area contributed by atoms with Gasteiger partial charge < -0.3 is 10.2 Å². The normalized spacial score (nSPS) is 9.47. The molecule has 4 nitrogen and oxygen atoms in total. The molecule has 0 heterocycles. The summed E-state index contributed by atoms with van der Waals surface area (Å²) in [5.41, 5.74) is 1.25. The summed E-state index contributed by atoms with van der Waals surface area (Å²) in [6, 6.07) is 6.41. The van der Waals surface area contributed by atoms with E-state index in [1.54, 1.807) is 12.1 Å². The van der Waals surface area contributed by atoms with Crippen molar-refractivity contribution in [2.45, 2.75) is 12.8 Å². The monoisotopic (exact) mass is 220 g/mol. The maximum absolute atomic E-state index is 10.6. The van der Waals surface area contributed by atoms with Crippen molar-refractivity contribution in [3.8, 4) is 0 Å². The predicted octanol–water partition coefficient (Wildman–Crippen LogP) is 0.332. The predicted molar refractivity (Wildman–Crippen MR) is 57.7 cm³/mol. The van der Waals surface area contributed by atoms with Crippen LogP contribution >= 0.6 is 0 Å². The largest absolute Gasteiger partial charge is 0.480 e. The zero-order valence-electron chi connectivity index (χ0n) is 7.60. The molecule has 78 valence electrons. The number of hydrogen-bond acceptors (Lipinski definition) is 2. The second kappa shape index (κ2) is 5.72. The quantitative estimate of drug-likeness (QED) is 0.569. The van der Waals surface area contributed by atoms with Crippen LogP contribution in [0.2, 0.25) is 0 Å². The van der Waals surface area contributed by atoms with Crippen LogP contribution in [0.4, 0.5) is 0 Å². The third-order valence-corrected chi connectivity index (χ3v) is 1.90. The van der Waals surface area contributed by atoms with Gasteiger partial charge in [0.05, 0.1) is 0 Å². The van der Waals surface area contributed by atoms with Crippen LogP contribution < -0.4 is 0 Å². The molecular weight excluding hydrogens is 208 g/mol. The molecule has 0 spiro atoms. The van der Waals surface area contributed by atoms with Crippen molar-refractivity contribution >= 4 is 35.0 Å². The third-order valence-electron chi connectivity index (χ3n) is 1.90. The number of benzene rings is 1. The highest BCUT2D eigenvalue weighted by molar-refractivity contribution is 5.98. The van der Waals surface area contributed by atoms with Crippen molar-refractivity contribution in [2.75, 3.05) is 0 Å². The van der Waals surface area contributed by atoms with Gasteiger partial charge in [0, 0.05) is 0 Å². The van der Waals surface area contributed by atoms with E-state index in [9.17, 15) is 9.59 Å². The first-order valence-electron chi connectivity index (χ1n) is 4.04. The van der Waals surface area contributed by atoms with Gasteiger partial charge in [-0.25, -0.2) is 0 Å². The van der Waals surface area contributed by atoms with Crippen LogP contribution in [-0.2, 0) is 9.59 Å². The summed E-state index contributed by atoms with van der Waals surface area (Å²) in [6.45, 7) is 1.85. The Bertz CT molecular complexity index is 344. The summed E-state index contributed by atoms with van der Waals surface area (Å²) in [4.78, 5) is 21.3. The molecule has 0 amide bonds. The van der Waals surface area contributed by atoms with Gasteiger partial charge >= 0.3 is 35.0 Å². The lowest BCUT2D eigenvalue weighted by atomic mass is 9.99. The molecule has 0 unspecified atom stereocenters. The van der Waals surface area contributed by atoms with Crippen molar-refractivity contribution in [3.05, 3.63) is 35.4 Å². The van der Waals surface area contributed by atoms with Gasteiger partial charge in [-0.05, 0) is 12.5 Å². The van der Waals surface area contributed by atoms with Crippen LogP contribution in [-0.4, -0.2) is 45.2 Å². The topological polar surface area (TPSA) is 74.6 Å². The molecule has 0 aliphatic carbocycles. The van der Waals surface area contributed by atoms with Crippen molar-refractivity contribution in [1.29, 1.82) is 0 Å². The first-order valence-corrected chi connectivity index (χ1v) is 4.04. The zero-order chi connectivity index (χ0) is 10.7. The zero-order valence-corrected chi connectivity index (χ0v) is 7.60. The van der Waals surface area contributed by atoms with Gasteiger partial charge in [0.25, 0.3) is 0 Å². The Balaban J connectivity index is 0.00000196. The summed E-state index contributed by atoms with van der Waals surface area (Å²) in [5, 5.41) is 17.4. The van der Waals surface area contributed by atoms with Gasteiger partial charge in [0.1, 0.15) is 0 Å². The first-order chi connectivity index (χ1) is 6.52. The average Bonchev–Trinajstić information content (AvgIpc) is 2.07. The van der Waals surface area contributed by atoms with E-state index in [1.165, 1.54) is 12.1 Å². The molecule has 2 N–H and O–H groups in total. The van der Waals surface area contributed by atoms with Crippen molar-refractivity contribution in [3.63, 3.8) is 0 Å². The smallest absolute Gasteiger partial charge is 0.322 e. The van der Waals surface area contributed by atoms with Gasteiger partial charge in [-0.2, -0.15) is 0 Å². The van der Waals surface area contributed by atoms with E-state index < -0.39 is 17.9 Å². The fourth-order valence-electron chi connectivity index (χ4n) is 1.15. The van der Waals surface area contributed by atoms with Crippen LogP contribution in [0.25, 0.3) is 0 Å². The van der Waals surface area contributed by atoms with E-state index in [2.05, 4.69) is 0 Å². The lowest BCUT2D eigenvalue weighted by Gasteiger charge is -2.07. The first kappa shape index (κ1) is 13.9. The second-order valence-corrected chi connectivity index (χ2v) is 3.02. The van der Waals surface area contributed by atoms with Crippen molar-refractivity contribution < 1.29 is 19.8 Å². The highest BCUT2D eigenvalue weighted by atomic mass is 24.3. The number of rotatable bonds is 3. The fourth-order valence-corrected chi connectivity index (χ4v) is 1.15. The van der Waals surface area contributed by atoms with Crippen LogP contribution in [0.3, 0.4) is 0 Å². The molecule has 15 heavy (non-hydrogen) atoms. The molecule has 1 rings (SSSR count). The Morgan fingerprint density at radius 3 is 1.80 bits per heavy atom.